The Morgan fingerprint density at radius 3 is 3.16 bits per heavy atom. The topological polar surface area (TPSA) is 45.5 Å². The van der Waals surface area contributed by atoms with Crippen LogP contribution in [0.5, 0.6) is 0 Å². The molecule has 3 heterocycles. The van der Waals surface area contributed by atoms with Crippen molar-refractivity contribution in [1.29, 1.82) is 0 Å². The van der Waals surface area contributed by atoms with E-state index in [2.05, 4.69) is 43.2 Å². The van der Waals surface area contributed by atoms with E-state index in [1.165, 1.54) is 6.42 Å². The highest BCUT2D eigenvalue weighted by molar-refractivity contribution is 9.10. The summed E-state index contributed by atoms with van der Waals surface area (Å²) < 4.78 is 2.85. The van der Waals surface area contributed by atoms with E-state index in [0.717, 1.165) is 42.1 Å². The third kappa shape index (κ3) is 2.60. The van der Waals surface area contributed by atoms with Gasteiger partial charge in [-0.15, -0.1) is 5.10 Å². The molecule has 0 bridgehead atoms. The molecular weight excluding hydrogens is 306 g/mol. The number of hydrogen-bond donors (Lipinski definition) is 1. The second-order valence-electron chi connectivity index (χ2n) is 4.90. The van der Waals surface area contributed by atoms with Crippen molar-refractivity contribution in [3.8, 4) is 0 Å². The highest BCUT2D eigenvalue weighted by atomic mass is 79.9. The number of halogens is 1. The molecule has 0 radical (unpaired) electrons. The normalized spacial score (nSPS) is 19.2. The lowest BCUT2D eigenvalue weighted by molar-refractivity contribution is 0.609. The van der Waals surface area contributed by atoms with Crippen LogP contribution in [0.15, 0.2) is 22.8 Å². The van der Waals surface area contributed by atoms with Gasteiger partial charge in [-0.25, -0.2) is 4.52 Å². The first-order valence-corrected chi connectivity index (χ1v) is 7.56. The fraction of sp³-hybridized carbons (Fsp3) is 0.538. The quantitative estimate of drug-likeness (QED) is 0.935. The molecule has 3 rings (SSSR count). The van der Waals surface area contributed by atoms with E-state index >= 15 is 0 Å². The first-order valence-electron chi connectivity index (χ1n) is 6.77. The average molecular weight is 324 g/mol. The van der Waals surface area contributed by atoms with Gasteiger partial charge in [0, 0.05) is 29.8 Å². The van der Waals surface area contributed by atoms with Crippen molar-refractivity contribution in [2.24, 2.45) is 0 Å². The largest absolute Gasteiger partial charge is 0.335 e. The summed E-state index contributed by atoms with van der Waals surface area (Å²) in [6, 6.07) is 4.49. The van der Waals surface area contributed by atoms with Gasteiger partial charge in [0.2, 0.25) is 5.95 Å². The Balaban J connectivity index is 1.94. The number of nitrogens with one attached hydrogen (secondary N) is 1. The molecule has 2 aromatic heterocycles. The van der Waals surface area contributed by atoms with Gasteiger partial charge in [-0.3, -0.25) is 0 Å². The number of hydrogen-bond acceptors (Lipinski definition) is 4. The Morgan fingerprint density at radius 2 is 2.42 bits per heavy atom. The summed E-state index contributed by atoms with van der Waals surface area (Å²) in [7, 11) is 0. The first-order chi connectivity index (χ1) is 9.28. The average Bonchev–Trinajstić information content (AvgIpc) is 3.04. The van der Waals surface area contributed by atoms with Crippen LogP contribution in [-0.4, -0.2) is 40.3 Å². The minimum absolute atomic E-state index is 0.515. The molecule has 1 fully saturated rings. The summed E-state index contributed by atoms with van der Waals surface area (Å²) >= 11 is 3.46. The molecule has 1 aliphatic rings. The van der Waals surface area contributed by atoms with Crippen molar-refractivity contribution in [2.75, 3.05) is 24.5 Å². The van der Waals surface area contributed by atoms with Gasteiger partial charge in [0.05, 0.1) is 0 Å². The highest BCUT2D eigenvalue weighted by Gasteiger charge is 2.24. The molecule has 0 saturated carbocycles. The van der Waals surface area contributed by atoms with Gasteiger partial charge in [0.1, 0.15) is 0 Å². The van der Waals surface area contributed by atoms with E-state index in [1.807, 2.05) is 22.8 Å². The van der Waals surface area contributed by atoms with Crippen molar-refractivity contribution in [3.63, 3.8) is 0 Å². The van der Waals surface area contributed by atoms with E-state index in [9.17, 15) is 0 Å². The van der Waals surface area contributed by atoms with Crippen LogP contribution >= 0.6 is 15.9 Å². The number of aromatic nitrogens is 3. The Bertz CT molecular complexity index is 561. The zero-order chi connectivity index (χ0) is 13.2. The van der Waals surface area contributed by atoms with Gasteiger partial charge in [-0.1, -0.05) is 6.92 Å². The van der Waals surface area contributed by atoms with E-state index < -0.39 is 0 Å². The van der Waals surface area contributed by atoms with Crippen LogP contribution in [0.25, 0.3) is 5.65 Å². The smallest absolute Gasteiger partial charge is 0.245 e. The van der Waals surface area contributed by atoms with Crippen LogP contribution in [0.3, 0.4) is 0 Å². The zero-order valence-electron chi connectivity index (χ0n) is 11.0. The Kier molecular flexibility index (Phi) is 3.70. The highest BCUT2D eigenvalue weighted by Crippen LogP contribution is 2.19. The molecule has 0 aliphatic carbocycles. The fourth-order valence-corrected chi connectivity index (χ4v) is 2.89. The van der Waals surface area contributed by atoms with Gasteiger partial charge < -0.3 is 10.2 Å². The summed E-state index contributed by atoms with van der Waals surface area (Å²) in [5, 5.41) is 8.02. The lowest BCUT2D eigenvalue weighted by Gasteiger charge is -2.26. The molecule has 2 aromatic rings. The number of rotatable bonds is 4. The Hall–Kier alpha value is -1.14. The SMILES string of the molecule is CCCN(c1nc2ccc(Br)cn2n1)C1CCNC1. The zero-order valence-corrected chi connectivity index (χ0v) is 12.6. The van der Waals surface area contributed by atoms with E-state index in [4.69, 9.17) is 0 Å². The predicted octanol–water partition coefficient (Wildman–Crippen LogP) is 2.07. The van der Waals surface area contributed by atoms with E-state index in [-0.39, 0.29) is 0 Å². The minimum atomic E-state index is 0.515. The second-order valence-corrected chi connectivity index (χ2v) is 5.82. The van der Waals surface area contributed by atoms with Gasteiger partial charge in [0.15, 0.2) is 5.65 Å². The van der Waals surface area contributed by atoms with Gasteiger partial charge >= 0.3 is 0 Å². The van der Waals surface area contributed by atoms with E-state index in [1.54, 1.807) is 0 Å². The molecule has 1 aliphatic heterocycles. The summed E-state index contributed by atoms with van der Waals surface area (Å²) in [5.41, 5.74) is 0.894. The van der Waals surface area contributed by atoms with Crippen LogP contribution < -0.4 is 10.2 Å². The maximum absolute atomic E-state index is 4.65. The van der Waals surface area contributed by atoms with Crippen LogP contribution in [0.2, 0.25) is 0 Å². The number of fused-ring (bicyclic) bond motifs is 1. The second kappa shape index (κ2) is 5.46. The summed E-state index contributed by atoms with van der Waals surface area (Å²) in [6.45, 7) is 5.31. The molecule has 1 atom stereocenters. The molecule has 0 amide bonds. The third-order valence-electron chi connectivity index (χ3n) is 3.48. The molecule has 6 heteroatoms. The molecule has 0 spiro atoms. The molecular formula is C13H18BrN5. The minimum Gasteiger partial charge on any atom is -0.335 e. The number of anilines is 1. The lowest BCUT2D eigenvalue weighted by atomic mass is 10.2. The monoisotopic (exact) mass is 323 g/mol. The van der Waals surface area contributed by atoms with Crippen molar-refractivity contribution < 1.29 is 0 Å². The lowest BCUT2D eigenvalue weighted by Crippen LogP contribution is -2.38. The van der Waals surface area contributed by atoms with Crippen LogP contribution in [0.4, 0.5) is 5.95 Å². The molecule has 102 valence electrons. The fourth-order valence-electron chi connectivity index (χ4n) is 2.56. The Labute approximate surface area is 121 Å². The molecule has 0 aromatic carbocycles. The number of nitrogens with zero attached hydrogens (tertiary/aromatic N) is 4. The number of pyridine rings is 1. The van der Waals surface area contributed by atoms with Gasteiger partial charge in [0.25, 0.3) is 0 Å². The summed E-state index contributed by atoms with van der Waals surface area (Å²) in [5.74, 6) is 0.841. The molecule has 1 saturated heterocycles. The summed E-state index contributed by atoms with van der Waals surface area (Å²) in [6.07, 6.45) is 4.22. The van der Waals surface area contributed by atoms with Crippen molar-refractivity contribution in [2.45, 2.75) is 25.8 Å². The molecule has 19 heavy (non-hydrogen) atoms. The van der Waals surface area contributed by atoms with Gasteiger partial charge in [-0.05, 0) is 47.4 Å². The van der Waals surface area contributed by atoms with Crippen molar-refractivity contribution in [1.82, 2.24) is 19.9 Å². The predicted molar refractivity (Wildman–Crippen MR) is 79.6 cm³/mol. The van der Waals surface area contributed by atoms with Gasteiger partial charge in [-0.2, -0.15) is 4.98 Å². The molecule has 1 unspecified atom stereocenters. The van der Waals surface area contributed by atoms with Crippen molar-refractivity contribution in [3.05, 3.63) is 22.8 Å². The first kappa shape index (κ1) is 12.9. The summed E-state index contributed by atoms with van der Waals surface area (Å²) in [4.78, 5) is 6.98. The maximum Gasteiger partial charge on any atom is 0.245 e. The molecule has 1 N–H and O–H groups in total. The molecule has 5 nitrogen and oxygen atoms in total. The third-order valence-corrected chi connectivity index (χ3v) is 3.95. The van der Waals surface area contributed by atoms with Crippen LogP contribution in [-0.2, 0) is 0 Å². The van der Waals surface area contributed by atoms with E-state index in [0.29, 0.717) is 6.04 Å². The van der Waals surface area contributed by atoms with Crippen LogP contribution in [0.1, 0.15) is 19.8 Å². The standard InChI is InChI=1S/C13H18BrN5/c1-2-7-18(11-5-6-15-8-11)13-16-12-4-3-10(14)9-19(12)17-13/h3-4,9,11,15H,2,5-8H2,1H3. The van der Waals surface area contributed by atoms with Crippen molar-refractivity contribution >= 4 is 27.5 Å². The maximum atomic E-state index is 4.65. The Morgan fingerprint density at radius 1 is 1.53 bits per heavy atom. The van der Waals surface area contributed by atoms with Crippen LogP contribution in [0, 0.1) is 0 Å².